The van der Waals surface area contributed by atoms with Crippen LogP contribution in [0, 0.1) is 5.92 Å². The van der Waals surface area contributed by atoms with Crippen molar-refractivity contribution in [3.8, 4) is 11.5 Å². The van der Waals surface area contributed by atoms with Crippen LogP contribution in [0.3, 0.4) is 0 Å². The molecule has 146 valence electrons. The van der Waals surface area contributed by atoms with Crippen molar-refractivity contribution in [1.82, 2.24) is 5.32 Å². The third-order valence-electron chi connectivity index (χ3n) is 4.80. The Morgan fingerprint density at radius 3 is 2.75 bits per heavy atom. The molecule has 1 N–H and O–H groups in total. The molecular formula is C20H18BrClN2O4. The van der Waals surface area contributed by atoms with Gasteiger partial charge in [-0.3, -0.25) is 9.59 Å². The molecule has 0 aliphatic carbocycles. The fraction of sp³-hybridized carbons (Fsp3) is 0.300. The normalized spacial score (nSPS) is 18.3. The summed E-state index contributed by atoms with van der Waals surface area (Å²) in [6, 6.07) is 10.9. The zero-order valence-electron chi connectivity index (χ0n) is 14.9. The van der Waals surface area contributed by atoms with E-state index in [1.807, 2.05) is 18.2 Å². The van der Waals surface area contributed by atoms with Crippen LogP contribution in [0.1, 0.15) is 12.0 Å². The molecule has 28 heavy (non-hydrogen) atoms. The molecule has 2 aliphatic rings. The molecule has 0 radical (unpaired) electrons. The third-order valence-corrected chi connectivity index (χ3v) is 5.65. The number of anilines is 1. The zero-order valence-corrected chi connectivity index (χ0v) is 17.3. The maximum absolute atomic E-state index is 12.6. The van der Waals surface area contributed by atoms with Crippen molar-refractivity contribution < 1.29 is 19.1 Å². The van der Waals surface area contributed by atoms with Crippen molar-refractivity contribution in [2.24, 2.45) is 5.92 Å². The molecule has 1 saturated heterocycles. The van der Waals surface area contributed by atoms with Gasteiger partial charge in [-0.1, -0.05) is 33.6 Å². The van der Waals surface area contributed by atoms with E-state index in [9.17, 15) is 9.59 Å². The van der Waals surface area contributed by atoms with Gasteiger partial charge >= 0.3 is 0 Å². The lowest BCUT2D eigenvalue weighted by molar-refractivity contribution is -0.126. The average molecular weight is 466 g/mol. The Bertz CT molecular complexity index is 936. The van der Waals surface area contributed by atoms with Gasteiger partial charge in [0.2, 0.25) is 11.8 Å². The Hall–Kier alpha value is -2.25. The first kappa shape index (κ1) is 19.1. The van der Waals surface area contributed by atoms with Crippen molar-refractivity contribution in [2.75, 3.05) is 24.7 Å². The summed E-state index contributed by atoms with van der Waals surface area (Å²) < 4.78 is 12.0. The molecule has 1 unspecified atom stereocenters. The molecule has 2 aromatic carbocycles. The van der Waals surface area contributed by atoms with Crippen LogP contribution in [0.5, 0.6) is 11.5 Å². The molecule has 0 spiro atoms. The van der Waals surface area contributed by atoms with Crippen LogP contribution in [-0.4, -0.2) is 31.6 Å². The summed E-state index contributed by atoms with van der Waals surface area (Å²) in [7, 11) is 0. The van der Waals surface area contributed by atoms with Crippen LogP contribution in [0.4, 0.5) is 5.69 Å². The van der Waals surface area contributed by atoms with Crippen LogP contribution in [0.15, 0.2) is 40.9 Å². The number of carbonyl (C=O) groups is 2. The Labute approximate surface area is 175 Å². The molecule has 6 nitrogen and oxygen atoms in total. The smallest absolute Gasteiger partial charge is 0.227 e. The zero-order chi connectivity index (χ0) is 19.7. The van der Waals surface area contributed by atoms with Gasteiger partial charge in [0.25, 0.3) is 0 Å². The number of hydrogen-bond donors (Lipinski definition) is 1. The van der Waals surface area contributed by atoms with E-state index in [0.29, 0.717) is 48.5 Å². The average Bonchev–Trinajstić information content (AvgIpc) is 3.08. The molecule has 4 rings (SSSR count). The standard InChI is InChI=1S/C20H18BrClN2O4/c21-14-2-1-12(16(22)8-14)10-23-20(26)13-7-19(25)24(11-13)15-3-4-17-18(9-15)28-6-5-27-17/h1-4,8-9,13H,5-7,10-11H2,(H,23,26). The lowest BCUT2D eigenvalue weighted by atomic mass is 10.1. The number of fused-ring (bicyclic) bond motifs is 1. The molecule has 2 heterocycles. The van der Waals surface area contributed by atoms with Gasteiger partial charge in [0.15, 0.2) is 11.5 Å². The number of ether oxygens (including phenoxy) is 2. The number of halogens is 2. The highest BCUT2D eigenvalue weighted by atomic mass is 79.9. The van der Waals surface area contributed by atoms with Gasteiger partial charge in [0, 0.05) is 40.8 Å². The first-order chi connectivity index (χ1) is 13.5. The summed E-state index contributed by atoms with van der Waals surface area (Å²) in [5.74, 6) is 0.637. The van der Waals surface area contributed by atoms with Gasteiger partial charge in [-0.05, 0) is 29.8 Å². The molecule has 0 saturated carbocycles. The van der Waals surface area contributed by atoms with Gasteiger partial charge in [-0.2, -0.15) is 0 Å². The predicted octanol–water partition coefficient (Wildman–Crippen LogP) is 3.54. The molecule has 1 atom stereocenters. The van der Waals surface area contributed by atoms with Gasteiger partial charge in [-0.15, -0.1) is 0 Å². The second-order valence-corrected chi connectivity index (χ2v) is 8.01. The molecule has 2 aromatic rings. The van der Waals surface area contributed by atoms with Crippen molar-refractivity contribution in [1.29, 1.82) is 0 Å². The van der Waals surface area contributed by atoms with E-state index in [1.165, 1.54) is 0 Å². The van der Waals surface area contributed by atoms with E-state index in [1.54, 1.807) is 23.1 Å². The number of amides is 2. The monoisotopic (exact) mass is 464 g/mol. The Balaban J connectivity index is 1.40. The van der Waals surface area contributed by atoms with E-state index < -0.39 is 5.92 Å². The fourth-order valence-electron chi connectivity index (χ4n) is 3.32. The molecule has 8 heteroatoms. The van der Waals surface area contributed by atoms with E-state index in [0.717, 1.165) is 10.0 Å². The Kier molecular flexibility index (Phi) is 5.46. The number of carbonyl (C=O) groups excluding carboxylic acids is 2. The quantitative estimate of drug-likeness (QED) is 0.750. The molecule has 0 aromatic heterocycles. The minimum atomic E-state index is -0.407. The number of nitrogens with one attached hydrogen (secondary N) is 1. The highest BCUT2D eigenvalue weighted by Gasteiger charge is 2.35. The maximum Gasteiger partial charge on any atom is 0.227 e. The van der Waals surface area contributed by atoms with Crippen molar-refractivity contribution in [3.05, 3.63) is 51.5 Å². The van der Waals surface area contributed by atoms with Gasteiger partial charge in [0.1, 0.15) is 13.2 Å². The lowest BCUT2D eigenvalue weighted by Crippen LogP contribution is -2.32. The van der Waals surface area contributed by atoms with Gasteiger partial charge < -0.3 is 19.7 Å². The van der Waals surface area contributed by atoms with Crippen molar-refractivity contribution >= 4 is 45.0 Å². The van der Waals surface area contributed by atoms with Crippen molar-refractivity contribution in [3.63, 3.8) is 0 Å². The Morgan fingerprint density at radius 1 is 1.18 bits per heavy atom. The van der Waals surface area contributed by atoms with Gasteiger partial charge in [0.05, 0.1) is 5.92 Å². The summed E-state index contributed by atoms with van der Waals surface area (Å²) in [6.45, 7) is 1.64. The lowest BCUT2D eigenvalue weighted by Gasteiger charge is -2.22. The summed E-state index contributed by atoms with van der Waals surface area (Å²) in [6.07, 6.45) is 0.175. The second kappa shape index (κ2) is 8.01. The third kappa shape index (κ3) is 3.95. The maximum atomic E-state index is 12.6. The van der Waals surface area contributed by atoms with E-state index in [-0.39, 0.29) is 18.2 Å². The summed E-state index contributed by atoms with van der Waals surface area (Å²) in [4.78, 5) is 26.7. The molecule has 2 aliphatic heterocycles. The van der Waals surface area contributed by atoms with E-state index in [4.69, 9.17) is 21.1 Å². The number of nitrogens with zero attached hydrogens (tertiary/aromatic N) is 1. The topological polar surface area (TPSA) is 67.9 Å². The van der Waals surface area contributed by atoms with Crippen LogP contribution >= 0.6 is 27.5 Å². The van der Waals surface area contributed by atoms with Gasteiger partial charge in [-0.25, -0.2) is 0 Å². The minimum absolute atomic E-state index is 0.0847. The molecule has 0 bridgehead atoms. The van der Waals surface area contributed by atoms with E-state index in [2.05, 4.69) is 21.2 Å². The Morgan fingerprint density at radius 2 is 1.96 bits per heavy atom. The number of benzene rings is 2. The summed E-state index contributed by atoms with van der Waals surface area (Å²) >= 11 is 9.55. The highest BCUT2D eigenvalue weighted by molar-refractivity contribution is 9.10. The summed E-state index contributed by atoms with van der Waals surface area (Å²) in [5, 5.41) is 3.46. The summed E-state index contributed by atoms with van der Waals surface area (Å²) in [5.41, 5.74) is 1.53. The minimum Gasteiger partial charge on any atom is -0.486 e. The SMILES string of the molecule is O=C(NCc1ccc(Br)cc1Cl)C1CC(=O)N(c2ccc3c(c2)OCCO3)C1. The molecular weight excluding hydrogens is 448 g/mol. The van der Waals surface area contributed by atoms with Crippen molar-refractivity contribution in [2.45, 2.75) is 13.0 Å². The fourth-order valence-corrected chi connectivity index (χ4v) is 4.06. The highest BCUT2D eigenvalue weighted by Crippen LogP contribution is 2.36. The first-order valence-corrected chi connectivity index (χ1v) is 10.1. The largest absolute Gasteiger partial charge is 0.486 e. The van der Waals surface area contributed by atoms with Crippen LogP contribution in [-0.2, 0) is 16.1 Å². The predicted molar refractivity (Wildman–Crippen MR) is 109 cm³/mol. The number of hydrogen-bond acceptors (Lipinski definition) is 4. The first-order valence-electron chi connectivity index (χ1n) is 8.93. The van der Waals surface area contributed by atoms with E-state index >= 15 is 0 Å². The van der Waals surface area contributed by atoms with Crippen LogP contribution in [0.2, 0.25) is 5.02 Å². The number of rotatable bonds is 4. The molecule has 1 fully saturated rings. The van der Waals surface area contributed by atoms with Crippen LogP contribution < -0.4 is 19.7 Å². The second-order valence-electron chi connectivity index (χ2n) is 6.69. The van der Waals surface area contributed by atoms with Crippen LogP contribution in [0.25, 0.3) is 0 Å². The molecule has 2 amide bonds.